The van der Waals surface area contributed by atoms with Gasteiger partial charge in [0.2, 0.25) is 15.9 Å². The Morgan fingerprint density at radius 3 is 2.54 bits per heavy atom. The van der Waals surface area contributed by atoms with Gasteiger partial charge in [-0.25, -0.2) is 8.42 Å². The summed E-state index contributed by atoms with van der Waals surface area (Å²) < 4.78 is 25.6. The van der Waals surface area contributed by atoms with Crippen LogP contribution in [0.1, 0.15) is 23.1 Å². The molecule has 0 aromatic heterocycles. The highest BCUT2D eigenvalue weighted by molar-refractivity contribution is 7.92. The highest BCUT2D eigenvalue weighted by Gasteiger charge is 2.20. The first-order chi connectivity index (χ1) is 12.2. The normalized spacial score (nSPS) is 11.2. The summed E-state index contributed by atoms with van der Waals surface area (Å²) in [6.45, 7) is 4.26. The van der Waals surface area contributed by atoms with Gasteiger partial charge in [-0.05, 0) is 37.1 Å². The zero-order valence-corrected chi connectivity index (χ0v) is 16.7. The molecular weight excluding hydrogens is 372 g/mol. The zero-order chi connectivity index (χ0) is 19.3. The Bertz CT molecular complexity index is 897. The van der Waals surface area contributed by atoms with Gasteiger partial charge in [-0.1, -0.05) is 47.5 Å². The number of carbonyl (C=O) groups excluding carboxylic acids is 1. The lowest BCUT2D eigenvalue weighted by Crippen LogP contribution is -2.35. The van der Waals surface area contributed by atoms with Crippen molar-refractivity contribution in [1.82, 2.24) is 5.32 Å². The number of anilines is 1. The Hall–Kier alpha value is -2.05. The summed E-state index contributed by atoms with van der Waals surface area (Å²) in [4.78, 5) is 12.2. The number of sulfonamides is 1. The van der Waals surface area contributed by atoms with Gasteiger partial charge in [0.15, 0.2) is 0 Å². The number of hydrogen-bond donors (Lipinski definition) is 1. The van der Waals surface area contributed by atoms with Gasteiger partial charge in [0, 0.05) is 24.5 Å². The van der Waals surface area contributed by atoms with Crippen molar-refractivity contribution in [3.63, 3.8) is 0 Å². The molecule has 2 aromatic rings. The van der Waals surface area contributed by atoms with E-state index in [1.54, 1.807) is 18.2 Å². The zero-order valence-electron chi connectivity index (χ0n) is 15.1. The first-order valence-electron chi connectivity index (χ1n) is 8.23. The summed E-state index contributed by atoms with van der Waals surface area (Å²) in [5.41, 5.74) is 3.40. The van der Waals surface area contributed by atoms with Crippen LogP contribution in [0.5, 0.6) is 0 Å². The second kappa shape index (κ2) is 8.56. The topological polar surface area (TPSA) is 66.5 Å². The Morgan fingerprint density at radius 1 is 1.15 bits per heavy atom. The van der Waals surface area contributed by atoms with Gasteiger partial charge >= 0.3 is 0 Å². The molecule has 0 unspecified atom stereocenters. The van der Waals surface area contributed by atoms with Crippen molar-refractivity contribution in [2.45, 2.75) is 26.8 Å². The minimum Gasteiger partial charge on any atom is -0.352 e. The lowest BCUT2D eigenvalue weighted by molar-refractivity contribution is -0.121. The van der Waals surface area contributed by atoms with Crippen molar-refractivity contribution in [1.29, 1.82) is 0 Å². The summed E-state index contributed by atoms with van der Waals surface area (Å²) in [5, 5.41) is 3.27. The van der Waals surface area contributed by atoms with Crippen molar-refractivity contribution < 1.29 is 13.2 Å². The fourth-order valence-electron chi connectivity index (χ4n) is 2.63. The third-order valence-electron chi connectivity index (χ3n) is 3.95. The van der Waals surface area contributed by atoms with Gasteiger partial charge in [0.1, 0.15) is 0 Å². The summed E-state index contributed by atoms with van der Waals surface area (Å²) in [6, 6.07) is 12.9. The highest BCUT2D eigenvalue weighted by Crippen LogP contribution is 2.26. The largest absolute Gasteiger partial charge is 0.352 e. The van der Waals surface area contributed by atoms with E-state index in [1.165, 1.54) is 4.31 Å². The van der Waals surface area contributed by atoms with Crippen molar-refractivity contribution in [3.05, 3.63) is 64.2 Å². The molecule has 1 amide bonds. The van der Waals surface area contributed by atoms with E-state index in [2.05, 4.69) is 5.32 Å². The van der Waals surface area contributed by atoms with Crippen LogP contribution in [0.2, 0.25) is 5.02 Å². The van der Waals surface area contributed by atoms with Gasteiger partial charge in [0.05, 0.1) is 11.9 Å². The smallest absolute Gasteiger partial charge is 0.232 e. The van der Waals surface area contributed by atoms with Gasteiger partial charge in [0.25, 0.3) is 0 Å². The van der Waals surface area contributed by atoms with E-state index in [0.717, 1.165) is 22.9 Å². The monoisotopic (exact) mass is 394 g/mol. The van der Waals surface area contributed by atoms with E-state index in [-0.39, 0.29) is 18.9 Å². The molecule has 2 aromatic carbocycles. The molecule has 0 saturated carbocycles. The lowest BCUT2D eigenvalue weighted by atomic mass is 10.1. The molecule has 2 rings (SSSR count). The van der Waals surface area contributed by atoms with Gasteiger partial charge in [-0.2, -0.15) is 0 Å². The Kier molecular flexibility index (Phi) is 6.67. The van der Waals surface area contributed by atoms with E-state index in [4.69, 9.17) is 11.6 Å². The molecule has 26 heavy (non-hydrogen) atoms. The summed E-state index contributed by atoms with van der Waals surface area (Å²) >= 11 is 6.00. The third-order valence-corrected chi connectivity index (χ3v) is 5.37. The molecule has 0 spiro atoms. The van der Waals surface area contributed by atoms with Crippen LogP contribution in [-0.2, 0) is 21.4 Å². The minimum absolute atomic E-state index is 0.0552. The predicted octanol–water partition coefficient (Wildman–Crippen LogP) is 3.43. The number of nitrogens with zero attached hydrogens (tertiary/aromatic N) is 1. The minimum atomic E-state index is -3.53. The Morgan fingerprint density at radius 2 is 1.88 bits per heavy atom. The van der Waals surface area contributed by atoms with Crippen LogP contribution in [0.25, 0.3) is 0 Å². The van der Waals surface area contributed by atoms with Crippen molar-refractivity contribution in [3.8, 4) is 0 Å². The number of nitrogens with one attached hydrogen (secondary N) is 1. The van der Waals surface area contributed by atoms with E-state index < -0.39 is 10.0 Å². The predicted molar refractivity (Wildman–Crippen MR) is 106 cm³/mol. The maximum atomic E-state index is 12.2. The number of hydrogen-bond acceptors (Lipinski definition) is 3. The average molecular weight is 395 g/mol. The van der Waals surface area contributed by atoms with Gasteiger partial charge < -0.3 is 5.32 Å². The SMILES string of the molecule is Cc1cccc(CNC(=O)CCN(c2cc(Cl)ccc2C)S(C)(=O)=O)c1. The van der Waals surface area contributed by atoms with E-state index in [9.17, 15) is 13.2 Å². The van der Waals surface area contributed by atoms with E-state index in [0.29, 0.717) is 17.3 Å². The summed E-state index contributed by atoms with van der Waals surface area (Å²) in [6.07, 6.45) is 1.18. The molecule has 7 heteroatoms. The molecule has 140 valence electrons. The van der Waals surface area contributed by atoms with Crippen LogP contribution in [-0.4, -0.2) is 27.1 Å². The maximum absolute atomic E-state index is 12.2. The first-order valence-corrected chi connectivity index (χ1v) is 10.5. The number of halogens is 1. The van der Waals surface area contributed by atoms with Gasteiger partial charge in [-0.3, -0.25) is 9.10 Å². The molecule has 0 bridgehead atoms. The van der Waals surface area contributed by atoms with Crippen LogP contribution in [0.4, 0.5) is 5.69 Å². The summed E-state index contributed by atoms with van der Waals surface area (Å²) in [7, 11) is -3.53. The summed E-state index contributed by atoms with van der Waals surface area (Å²) in [5.74, 6) is -0.208. The molecule has 0 radical (unpaired) electrons. The molecule has 0 saturated heterocycles. The molecule has 0 aliphatic rings. The van der Waals surface area contributed by atoms with Crippen molar-refractivity contribution >= 4 is 33.2 Å². The van der Waals surface area contributed by atoms with Crippen LogP contribution in [0.3, 0.4) is 0 Å². The standard InChI is InChI=1S/C19H23ClN2O3S/c1-14-5-4-6-16(11-14)13-21-19(23)9-10-22(26(3,24)25)18-12-17(20)8-7-15(18)2/h4-8,11-12H,9-10,13H2,1-3H3,(H,21,23). The number of rotatable bonds is 7. The Labute approximate surface area is 160 Å². The number of carbonyl (C=O) groups is 1. The van der Waals surface area contributed by atoms with Crippen molar-refractivity contribution in [2.75, 3.05) is 17.1 Å². The number of benzene rings is 2. The molecule has 0 fully saturated rings. The molecule has 0 aliphatic carbocycles. The molecule has 0 heterocycles. The molecule has 0 aliphatic heterocycles. The van der Waals surface area contributed by atoms with Crippen LogP contribution >= 0.6 is 11.6 Å². The van der Waals surface area contributed by atoms with Crippen LogP contribution in [0.15, 0.2) is 42.5 Å². The maximum Gasteiger partial charge on any atom is 0.232 e. The quantitative estimate of drug-likeness (QED) is 0.782. The second-order valence-electron chi connectivity index (χ2n) is 6.28. The molecule has 5 nitrogen and oxygen atoms in total. The Balaban J connectivity index is 2.03. The van der Waals surface area contributed by atoms with Gasteiger partial charge in [-0.15, -0.1) is 0 Å². The van der Waals surface area contributed by atoms with E-state index >= 15 is 0 Å². The molecule has 0 atom stereocenters. The molecular formula is C19H23ClN2O3S. The van der Waals surface area contributed by atoms with E-state index in [1.807, 2.05) is 38.1 Å². The lowest BCUT2D eigenvalue weighted by Gasteiger charge is -2.24. The number of aryl methyl sites for hydroxylation is 2. The number of amides is 1. The first kappa shape index (κ1) is 20.3. The van der Waals surface area contributed by atoms with Crippen LogP contribution in [0, 0.1) is 13.8 Å². The fourth-order valence-corrected chi connectivity index (χ4v) is 3.77. The van der Waals surface area contributed by atoms with Crippen molar-refractivity contribution in [2.24, 2.45) is 0 Å². The second-order valence-corrected chi connectivity index (χ2v) is 8.62. The highest BCUT2D eigenvalue weighted by atomic mass is 35.5. The average Bonchev–Trinajstić information content (AvgIpc) is 2.55. The van der Waals surface area contributed by atoms with Crippen LogP contribution < -0.4 is 9.62 Å². The molecule has 1 N–H and O–H groups in total. The third kappa shape index (κ3) is 5.75. The fraction of sp³-hybridized carbons (Fsp3) is 0.316.